The van der Waals surface area contributed by atoms with Crippen molar-refractivity contribution in [2.45, 2.75) is 58.5 Å². The van der Waals surface area contributed by atoms with E-state index in [9.17, 15) is 4.79 Å². The molecule has 0 amide bonds. The molecule has 1 heterocycles. The van der Waals surface area contributed by atoms with Gasteiger partial charge in [-0.2, -0.15) is 0 Å². The smallest absolute Gasteiger partial charge is 0.307 e. The van der Waals surface area contributed by atoms with E-state index in [2.05, 4.69) is 11.8 Å². The molecule has 0 bridgehead atoms. The summed E-state index contributed by atoms with van der Waals surface area (Å²) in [5.74, 6) is -0.944. The maximum atomic E-state index is 11.0. The highest BCUT2D eigenvalue weighted by atomic mass is 16.4. The van der Waals surface area contributed by atoms with Crippen molar-refractivity contribution in [3.63, 3.8) is 0 Å². The number of hydrogen-bond donors (Lipinski definition) is 1. The predicted octanol–water partition coefficient (Wildman–Crippen LogP) is 2.36. The molecule has 0 radical (unpaired) electrons. The van der Waals surface area contributed by atoms with Crippen molar-refractivity contribution in [3.8, 4) is 0 Å². The summed E-state index contributed by atoms with van der Waals surface area (Å²) < 4.78 is 0. The summed E-state index contributed by atoms with van der Waals surface area (Å²) in [7, 11) is 0. The largest absolute Gasteiger partial charge is 0.481 e. The fraction of sp³-hybridized carbons (Fsp3) is 0.917. The molecule has 3 heteroatoms. The van der Waals surface area contributed by atoms with Gasteiger partial charge in [0.15, 0.2) is 0 Å². The molecule has 1 saturated heterocycles. The number of likely N-dealkylation sites (tertiary alicyclic amines) is 1. The molecule has 1 N–H and O–H groups in total. The maximum Gasteiger partial charge on any atom is 0.307 e. The van der Waals surface area contributed by atoms with Crippen molar-refractivity contribution in [2.24, 2.45) is 5.92 Å². The molecule has 1 aliphatic rings. The summed E-state index contributed by atoms with van der Waals surface area (Å²) in [5.41, 5.74) is 0. The molecule has 3 nitrogen and oxygen atoms in total. The van der Waals surface area contributed by atoms with Gasteiger partial charge in [-0.25, -0.2) is 0 Å². The van der Waals surface area contributed by atoms with Crippen LogP contribution in [0, 0.1) is 5.92 Å². The van der Waals surface area contributed by atoms with E-state index in [1.165, 1.54) is 19.3 Å². The molecule has 0 aromatic heterocycles. The van der Waals surface area contributed by atoms with Crippen LogP contribution in [-0.2, 0) is 4.79 Å². The number of hydrogen-bond acceptors (Lipinski definition) is 2. The van der Waals surface area contributed by atoms with Crippen molar-refractivity contribution in [1.29, 1.82) is 0 Å². The van der Waals surface area contributed by atoms with Gasteiger partial charge in [0.1, 0.15) is 0 Å². The van der Waals surface area contributed by atoms with Crippen LogP contribution in [-0.4, -0.2) is 34.6 Å². The second kappa shape index (κ2) is 5.50. The Balaban J connectivity index is 2.62. The third-order valence-corrected chi connectivity index (χ3v) is 3.78. The Kier molecular flexibility index (Phi) is 4.58. The topological polar surface area (TPSA) is 40.5 Å². The minimum Gasteiger partial charge on any atom is -0.481 e. The fourth-order valence-electron chi connectivity index (χ4n) is 2.49. The van der Waals surface area contributed by atoms with Crippen LogP contribution in [0.3, 0.4) is 0 Å². The minimum atomic E-state index is -0.678. The third-order valence-electron chi connectivity index (χ3n) is 3.78. The highest BCUT2D eigenvalue weighted by Crippen LogP contribution is 2.24. The number of carbonyl (C=O) groups is 1. The first kappa shape index (κ1) is 12.5. The molecule has 1 fully saturated rings. The van der Waals surface area contributed by atoms with Crippen LogP contribution in [0.15, 0.2) is 0 Å². The standard InChI is InChI=1S/C12H23NO2/c1-4-11-7-5-6-8-13(11)10(3)9(2)12(14)15/h9-11H,4-8H2,1-3H3,(H,14,15). The molecule has 0 aliphatic carbocycles. The van der Waals surface area contributed by atoms with Gasteiger partial charge in [0, 0.05) is 12.1 Å². The van der Waals surface area contributed by atoms with Gasteiger partial charge in [-0.3, -0.25) is 9.69 Å². The SMILES string of the molecule is CCC1CCCCN1C(C)C(C)C(=O)O. The molecule has 3 unspecified atom stereocenters. The van der Waals surface area contributed by atoms with Crippen LogP contribution in [0.4, 0.5) is 0 Å². The minimum absolute atomic E-state index is 0.160. The zero-order valence-electron chi connectivity index (χ0n) is 10.1. The van der Waals surface area contributed by atoms with Crippen LogP contribution in [0.2, 0.25) is 0 Å². The number of carboxylic acids is 1. The van der Waals surface area contributed by atoms with Crippen LogP contribution < -0.4 is 0 Å². The van der Waals surface area contributed by atoms with Crippen LogP contribution in [0.25, 0.3) is 0 Å². The Labute approximate surface area is 92.5 Å². The lowest BCUT2D eigenvalue weighted by molar-refractivity contribution is -0.143. The van der Waals surface area contributed by atoms with Gasteiger partial charge in [-0.05, 0) is 32.7 Å². The van der Waals surface area contributed by atoms with Crippen LogP contribution >= 0.6 is 0 Å². The second-order valence-electron chi connectivity index (χ2n) is 4.66. The summed E-state index contributed by atoms with van der Waals surface area (Å²) >= 11 is 0. The van der Waals surface area contributed by atoms with E-state index in [0.717, 1.165) is 13.0 Å². The van der Waals surface area contributed by atoms with E-state index in [0.29, 0.717) is 6.04 Å². The first-order valence-electron chi connectivity index (χ1n) is 6.06. The van der Waals surface area contributed by atoms with Crippen molar-refractivity contribution in [1.82, 2.24) is 4.90 Å². The average Bonchev–Trinajstić information content (AvgIpc) is 2.26. The normalized spacial score (nSPS) is 27.3. The lowest BCUT2D eigenvalue weighted by atomic mass is 9.93. The van der Waals surface area contributed by atoms with Gasteiger partial charge in [0.2, 0.25) is 0 Å². The lowest BCUT2D eigenvalue weighted by Gasteiger charge is -2.41. The lowest BCUT2D eigenvalue weighted by Crippen LogP contribution is -2.48. The molecule has 1 aliphatic heterocycles. The average molecular weight is 213 g/mol. The van der Waals surface area contributed by atoms with E-state index in [-0.39, 0.29) is 12.0 Å². The van der Waals surface area contributed by atoms with E-state index in [4.69, 9.17) is 5.11 Å². The van der Waals surface area contributed by atoms with E-state index in [1.54, 1.807) is 0 Å². The number of piperidine rings is 1. The molecular formula is C12H23NO2. The van der Waals surface area contributed by atoms with Gasteiger partial charge in [0.05, 0.1) is 5.92 Å². The Morgan fingerprint density at radius 3 is 2.67 bits per heavy atom. The molecule has 3 atom stereocenters. The zero-order chi connectivity index (χ0) is 11.4. The number of rotatable bonds is 4. The summed E-state index contributed by atoms with van der Waals surface area (Å²) in [5, 5.41) is 9.02. The number of carboxylic acid groups (broad SMARTS) is 1. The molecular weight excluding hydrogens is 190 g/mol. The summed E-state index contributed by atoms with van der Waals surface area (Å²) in [6.07, 6.45) is 4.88. The van der Waals surface area contributed by atoms with Gasteiger partial charge in [0.25, 0.3) is 0 Å². The molecule has 0 saturated carbocycles. The summed E-state index contributed by atoms with van der Waals surface area (Å²) in [6.45, 7) is 7.12. The quantitative estimate of drug-likeness (QED) is 0.779. The van der Waals surface area contributed by atoms with Crippen molar-refractivity contribution >= 4 is 5.97 Å². The molecule has 0 aromatic rings. The highest BCUT2D eigenvalue weighted by molar-refractivity contribution is 5.70. The highest BCUT2D eigenvalue weighted by Gasteiger charge is 2.30. The van der Waals surface area contributed by atoms with E-state index >= 15 is 0 Å². The van der Waals surface area contributed by atoms with Crippen molar-refractivity contribution in [3.05, 3.63) is 0 Å². The first-order valence-corrected chi connectivity index (χ1v) is 6.06. The molecule has 0 aromatic carbocycles. The van der Waals surface area contributed by atoms with Crippen LogP contribution in [0.1, 0.15) is 46.5 Å². The molecule has 0 spiro atoms. The van der Waals surface area contributed by atoms with Crippen molar-refractivity contribution < 1.29 is 9.90 Å². The zero-order valence-corrected chi connectivity index (χ0v) is 10.1. The second-order valence-corrected chi connectivity index (χ2v) is 4.66. The Hall–Kier alpha value is -0.570. The summed E-state index contributed by atoms with van der Waals surface area (Å²) in [4.78, 5) is 13.3. The Morgan fingerprint density at radius 2 is 2.13 bits per heavy atom. The molecule has 88 valence electrons. The Morgan fingerprint density at radius 1 is 1.47 bits per heavy atom. The molecule has 15 heavy (non-hydrogen) atoms. The monoisotopic (exact) mass is 213 g/mol. The van der Waals surface area contributed by atoms with Gasteiger partial charge < -0.3 is 5.11 Å². The fourth-order valence-corrected chi connectivity index (χ4v) is 2.49. The number of nitrogens with zero attached hydrogens (tertiary/aromatic N) is 1. The Bertz CT molecular complexity index is 218. The first-order chi connectivity index (χ1) is 7.07. The maximum absolute atomic E-state index is 11.0. The van der Waals surface area contributed by atoms with Gasteiger partial charge in [-0.15, -0.1) is 0 Å². The number of aliphatic carboxylic acids is 1. The predicted molar refractivity (Wildman–Crippen MR) is 60.9 cm³/mol. The van der Waals surface area contributed by atoms with Gasteiger partial charge >= 0.3 is 5.97 Å². The van der Waals surface area contributed by atoms with Crippen LogP contribution in [0.5, 0.6) is 0 Å². The molecule has 1 rings (SSSR count). The van der Waals surface area contributed by atoms with E-state index < -0.39 is 5.97 Å². The van der Waals surface area contributed by atoms with E-state index in [1.807, 2.05) is 13.8 Å². The van der Waals surface area contributed by atoms with Crippen molar-refractivity contribution in [2.75, 3.05) is 6.54 Å². The third kappa shape index (κ3) is 2.94. The summed E-state index contributed by atoms with van der Waals surface area (Å²) in [6, 6.07) is 0.753. The van der Waals surface area contributed by atoms with Gasteiger partial charge in [-0.1, -0.05) is 20.3 Å².